The predicted octanol–water partition coefficient (Wildman–Crippen LogP) is -8.73. The standard InChI is InChI=1S/C25H52N6O12/c26-2-1-9(33)5-30-7-13-18(36)21(39)22(40)24(41-13)15-11(28)3-12(31-6-10(34)4-27)23(19(15)37)43-25-20(38)16(29)17(35)14(8-32)42-25/h9-25,30-40H,1-8,26-29H2. The minimum absolute atomic E-state index is 0.00604. The van der Waals surface area contributed by atoms with Crippen LogP contribution in [-0.2, 0) is 14.2 Å². The molecule has 18 nitrogen and oxygen atoms in total. The molecule has 2 aliphatic heterocycles. The Kier molecular flexibility index (Phi) is 14.3. The van der Waals surface area contributed by atoms with Gasteiger partial charge in [0.25, 0.3) is 0 Å². The zero-order valence-corrected chi connectivity index (χ0v) is 24.0. The molecule has 43 heavy (non-hydrogen) atoms. The van der Waals surface area contributed by atoms with Gasteiger partial charge in [-0.1, -0.05) is 0 Å². The van der Waals surface area contributed by atoms with Crippen LogP contribution in [-0.4, -0.2) is 183 Å². The summed E-state index contributed by atoms with van der Waals surface area (Å²) in [4.78, 5) is 0. The Hall–Kier alpha value is -0.720. The average molecular weight is 629 g/mol. The second-order valence-corrected chi connectivity index (χ2v) is 11.8. The second-order valence-electron chi connectivity index (χ2n) is 11.8. The van der Waals surface area contributed by atoms with E-state index in [-0.39, 0.29) is 39.1 Å². The maximum atomic E-state index is 11.7. The Balaban J connectivity index is 1.83. The van der Waals surface area contributed by atoms with Crippen LogP contribution in [0.5, 0.6) is 0 Å². The summed E-state index contributed by atoms with van der Waals surface area (Å²) in [5, 5.41) is 100. The van der Waals surface area contributed by atoms with Crippen LogP contribution in [0.4, 0.5) is 0 Å². The van der Waals surface area contributed by atoms with E-state index >= 15 is 0 Å². The van der Waals surface area contributed by atoms with Crippen molar-refractivity contribution in [3.63, 3.8) is 0 Å². The lowest BCUT2D eigenvalue weighted by Crippen LogP contribution is -2.70. The molecule has 2 saturated heterocycles. The number of nitrogens with one attached hydrogen (secondary N) is 2. The first kappa shape index (κ1) is 36.7. The summed E-state index contributed by atoms with van der Waals surface area (Å²) in [6.07, 6.45) is -16.9. The molecule has 19 N–H and O–H groups in total. The van der Waals surface area contributed by atoms with Gasteiger partial charge in [-0.15, -0.1) is 0 Å². The summed E-state index contributed by atoms with van der Waals surface area (Å²) in [6, 6.07) is -2.88. The van der Waals surface area contributed by atoms with Gasteiger partial charge >= 0.3 is 0 Å². The molecule has 17 atom stereocenters. The van der Waals surface area contributed by atoms with Crippen molar-refractivity contribution in [3.8, 4) is 0 Å². The first-order valence-corrected chi connectivity index (χ1v) is 14.7. The maximum absolute atomic E-state index is 11.7. The van der Waals surface area contributed by atoms with Gasteiger partial charge in [-0.05, 0) is 19.4 Å². The third kappa shape index (κ3) is 8.76. The van der Waals surface area contributed by atoms with E-state index in [1.165, 1.54) is 0 Å². The highest BCUT2D eigenvalue weighted by Crippen LogP contribution is 2.37. The fourth-order valence-corrected chi connectivity index (χ4v) is 6.01. The molecule has 254 valence electrons. The molecule has 2 heterocycles. The zero-order chi connectivity index (χ0) is 32.0. The predicted molar refractivity (Wildman–Crippen MR) is 149 cm³/mol. The van der Waals surface area contributed by atoms with Crippen molar-refractivity contribution in [1.82, 2.24) is 10.6 Å². The van der Waals surface area contributed by atoms with Crippen molar-refractivity contribution < 1.29 is 60.2 Å². The zero-order valence-electron chi connectivity index (χ0n) is 24.0. The molecule has 3 rings (SSSR count). The molecule has 3 aliphatic rings. The number of hydrogen-bond donors (Lipinski definition) is 15. The van der Waals surface area contributed by atoms with Crippen LogP contribution in [0.15, 0.2) is 0 Å². The largest absolute Gasteiger partial charge is 0.394 e. The second kappa shape index (κ2) is 16.7. The molecular weight excluding hydrogens is 576 g/mol. The van der Waals surface area contributed by atoms with E-state index < -0.39 is 110 Å². The first-order valence-electron chi connectivity index (χ1n) is 14.7. The maximum Gasteiger partial charge on any atom is 0.186 e. The lowest BCUT2D eigenvalue weighted by atomic mass is 9.72. The fourth-order valence-electron chi connectivity index (χ4n) is 6.01. The highest BCUT2D eigenvalue weighted by Gasteiger charge is 2.55. The minimum Gasteiger partial charge on any atom is -0.394 e. The number of rotatable bonds is 14. The number of hydrogen-bond acceptors (Lipinski definition) is 18. The van der Waals surface area contributed by atoms with Gasteiger partial charge in [0.15, 0.2) is 6.29 Å². The third-order valence-electron chi connectivity index (χ3n) is 8.62. The first-order chi connectivity index (χ1) is 20.4. The van der Waals surface area contributed by atoms with Crippen LogP contribution in [0, 0.1) is 5.92 Å². The van der Waals surface area contributed by atoms with Crippen LogP contribution >= 0.6 is 0 Å². The molecule has 0 amide bonds. The van der Waals surface area contributed by atoms with Gasteiger partial charge in [0.1, 0.15) is 42.7 Å². The molecule has 0 aromatic heterocycles. The van der Waals surface area contributed by atoms with Crippen molar-refractivity contribution in [1.29, 1.82) is 0 Å². The van der Waals surface area contributed by atoms with Crippen molar-refractivity contribution in [2.75, 3.05) is 39.3 Å². The van der Waals surface area contributed by atoms with Crippen molar-refractivity contribution in [2.24, 2.45) is 28.9 Å². The van der Waals surface area contributed by atoms with Gasteiger partial charge in [-0.3, -0.25) is 0 Å². The molecule has 3 fully saturated rings. The Morgan fingerprint density at radius 3 is 2.14 bits per heavy atom. The van der Waals surface area contributed by atoms with E-state index in [9.17, 15) is 46.0 Å². The Morgan fingerprint density at radius 2 is 1.51 bits per heavy atom. The summed E-state index contributed by atoms with van der Waals surface area (Å²) in [5.74, 6) is -1.08. The molecular formula is C25H52N6O12. The molecule has 1 saturated carbocycles. The third-order valence-corrected chi connectivity index (χ3v) is 8.62. The molecule has 0 aromatic rings. The van der Waals surface area contributed by atoms with Gasteiger partial charge in [-0.25, -0.2) is 0 Å². The lowest BCUT2D eigenvalue weighted by Gasteiger charge is -2.52. The van der Waals surface area contributed by atoms with Gasteiger partial charge < -0.3 is 93.7 Å². The lowest BCUT2D eigenvalue weighted by molar-refractivity contribution is -0.310. The quantitative estimate of drug-likeness (QED) is 0.0848. The van der Waals surface area contributed by atoms with Gasteiger partial charge in [-0.2, -0.15) is 0 Å². The van der Waals surface area contributed by atoms with Crippen molar-refractivity contribution >= 4 is 0 Å². The summed E-state index contributed by atoms with van der Waals surface area (Å²) in [7, 11) is 0. The van der Waals surface area contributed by atoms with Crippen LogP contribution in [0.25, 0.3) is 0 Å². The van der Waals surface area contributed by atoms with Gasteiger partial charge in [0.2, 0.25) is 0 Å². The molecule has 0 radical (unpaired) electrons. The smallest absolute Gasteiger partial charge is 0.186 e. The fraction of sp³-hybridized carbons (Fsp3) is 1.00. The Bertz CT molecular complexity index is 825. The van der Waals surface area contributed by atoms with Crippen LogP contribution in [0.3, 0.4) is 0 Å². The van der Waals surface area contributed by atoms with Gasteiger partial charge in [0.05, 0.1) is 43.2 Å². The number of ether oxygens (including phenoxy) is 3. The normalized spacial score (nSPS) is 45.6. The van der Waals surface area contributed by atoms with Crippen molar-refractivity contribution in [2.45, 2.75) is 111 Å². The number of aliphatic hydroxyl groups is 9. The van der Waals surface area contributed by atoms with E-state index in [0.29, 0.717) is 6.42 Å². The van der Waals surface area contributed by atoms with Crippen LogP contribution in [0.2, 0.25) is 0 Å². The molecule has 1 aliphatic carbocycles. The molecule has 18 heteroatoms. The summed E-state index contributed by atoms with van der Waals surface area (Å²) >= 11 is 0. The van der Waals surface area contributed by atoms with E-state index in [0.717, 1.165) is 0 Å². The SMILES string of the molecule is NCCC(O)CNCC1OC(C2C(N)CC(NCC(O)CN)C(OC3OC(CO)C(O)C(N)C3O)C2O)C(O)C(O)C1O. The minimum atomic E-state index is -1.66. The Morgan fingerprint density at radius 1 is 0.814 bits per heavy atom. The van der Waals surface area contributed by atoms with Gasteiger partial charge in [0, 0.05) is 44.2 Å². The average Bonchev–Trinajstić information content (AvgIpc) is 2.98. The number of nitrogens with two attached hydrogens (primary N) is 4. The summed E-state index contributed by atoms with van der Waals surface area (Å²) in [5.41, 5.74) is 23.4. The molecule has 0 spiro atoms. The molecule has 0 aromatic carbocycles. The monoisotopic (exact) mass is 628 g/mol. The Labute approximate surface area is 249 Å². The highest BCUT2D eigenvalue weighted by atomic mass is 16.7. The summed E-state index contributed by atoms with van der Waals surface area (Å²) in [6.45, 7) is -0.310. The topological polar surface area (TPSA) is 338 Å². The van der Waals surface area contributed by atoms with Crippen LogP contribution < -0.4 is 33.6 Å². The van der Waals surface area contributed by atoms with E-state index in [1.807, 2.05) is 0 Å². The van der Waals surface area contributed by atoms with Crippen LogP contribution in [0.1, 0.15) is 12.8 Å². The van der Waals surface area contributed by atoms with E-state index in [2.05, 4.69) is 10.6 Å². The molecule has 17 unspecified atom stereocenters. The highest BCUT2D eigenvalue weighted by molar-refractivity contribution is 5.07. The van der Waals surface area contributed by atoms with E-state index in [4.69, 9.17) is 37.1 Å². The van der Waals surface area contributed by atoms with Crippen molar-refractivity contribution in [3.05, 3.63) is 0 Å². The van der Waals surface area contributed by atoms with E-state index in [1.54, 1.807) is 0 Å². The summed E-state index contributed by atoms with van der Waals surface area (Å²) < 4.78 is 17.6. The molecule has 0 bridgehead atoms. The number of aliphatic hydroxyl groups excluding tert-OH is 9.